The molecule has 1 aromatic carbocycles. The van der Waals surface area contributed by atoms with E-state index in [2.05, 4.69) is 34.9 Å². The quantitative estimate of drug-likeness (QED) is 0.732. The standard InChI is InChI=1S/C16H19BrN2O/c1-3-13(4-2)19-10-9-12(18-19)11-16(20)14-7-5-6-8-15(14)17/h5-10,13H,3-4,11H2,1-2H3. The van der Waals surface area contributed by atoms with Crippen molar-refractivity contribution >= 4 is 21.7 Å². The molecule has 1 heterocycles. The number of halogens is 1. The normalized spacial score (nSPS) is 11.0. The summed E-state index contributed by atoms with van der Waals surface area (Å²) in [4.78, 5) is 12.3. The fourth-order valence-corrected chi connectivity index (χ4v) is 2.79. The van der Waals surface area contributed by atoms with Crippen LogP contribution in [0.3, 0.4) is 0 Å². The number of Topliss-reactive ketones (excluding diaryl/α,β-unsaturated/α-hetero) is 1. The van der Waals surface area contributed by atoms with Crippen molar-refractivity contribution < 1.29 is 4.79 Å². The maximum Gasteiger partial charge on any atom is 0.170 e. The Morgan fingerprint density at radius 2 is 1.95 bits per heavy atom. The molecule has 1 aromatic heterocycles. The van der Waals surface area contributed by atoms with Gasteiger partial charge in [0.25, 0.3) is 0 Å². The second kappa shape index (κ2) is 6.84. The Kier molecular flexibility index (Phi) is 5.12. The molecule has 0 bridgehead atoms. The molecule has 3 nitrogen and oxygen atoms in total. The SMILES string of the molecule is CCC(CC)n1ccc(CC(=O)c2ccccc2Br)n1. The summed E-state index contributed by atoms with van der Waals surface area (Å²) in [5.41, 5.74) is 1.54. The maximum atomic E-state index is 12.3. The number of ketones is 1. The molecule has 2 aromatic rings. The maximum absolute atomic E-state index is 12.3. The molecule has 0 aliphatic carbocycles. The van der Waals surface area contributed by atoms with Gasteiger partial charge in [-0.1, -0.05) is 48.0 Å². The molecule has 0 fully saturated rings. The highest BCUT2D eigenvalue weighted by molar-refractivity contribution is 9.10. The van der Waals surface area contributed by atoms with Crippen LogP contribution in [0.15, 0.2) is 41.0 Å². The van der Waals surface area contributed by atoms with Crippen molar-refractivity contribution in [3.63, 3.8) is 0 Å². The zero-order valence-corrected chi connectivity index (χ0v) is 13.4. The van der Waals surface area contributed by atoms with Crippen LogP contribution in [-0.4, -0.2) is 15.6 Å². The third-order valence-electron chi connectivity index (χ3n) is 3.50. The van der Waals surface area contributed by atoms with Crippen molar-refractivity contribution in [2.45, 2.75) is 39.2 Å². The molecule has 0 radical (unpaired) electrons. The predicted molar refractivity (Wildman–Crippen MR) is 84.0 cm³/mol. The van der Waals surface area contributed by atoms with Gasteiger partial charge in [0, 0.05) is 16.2 Å². The van der Waals surface area contributed by atoms with Crippen LogP contribution in [0.4, 0.5) is 0 Å². The molecule has 0 saturated carbocycles. The fourth-order valence-electron chi connectivity index (χ4n) is 2.28. The summed E-state index contributed by atoms with van der Waals surface area (Å²) in [5, 5.41) is 4.53. The van der Waals surface area contributed by atoms with Crippen molar-refractivity contribution in [3.8, 4) is 0 Å². The largest absolute Gasteiger partial charge is 0.294 e. The molecule has 0 spiro atoms. The second-order valence-corrected chi connectivity index (χ2v) is 5.69. The summed E-state index contributed by atoms with van der Waals surface area (Å²) in [7, 11) is 0. The molecule has 20 heavy (non-hydrogen) atoms. The third-order valence-corrected chi connectivity index (χ3v) is 4.19. The molecular weight excluding hydrogens is 316 g/mol. The van der Waals surface area contributed by atoms with Crippen molar-refractivity contribution in [2.75, 3.05) is 0 Å². The molecule has 4 heteroatoms. The number of carbonyl (C=O) groups excluding carboxylic acids is 1. The lowest BCUT2D eigenvalue weighted by Gasteiger charge is -2.12. The first-order chi connectivity index (χ1) is 9.65. The lowest BCUT2D eigenvalue weighted by Crippen LogP contribution is -2.09. The van der Waals surface area contributed by atoms with Gasteiger partial charge in [-0.2, -0.15) is 5.10 Å². The number of hydrogen-bond donors (Lipinski definition) is 0. The Balaban J connectivity index is 2.11. The van der Waals surface area contributed by atoms with Crippen LogP contribution in [0.1, 0.15) is 48.8 Å². The van der Waals surface area contributed by atoms with E-state index in [4.69, 9.17) is 0 Å². The highest BCUT2D eigenvalue weighted by Gasteiger charge is 2.13. The lowest BCUT2D eigenvalue weighted by molar-refractivity contribution is 0.0991. The minimum Gasteiger partial charge on any atom is -0.294 e. The van der Waals surface area contributed by atoms with E-state index >= 15 is 0 Å². The Hall–Kier alpha value is -1.42. The Bertz CT molecular complexity index is 588. The summed E-state index contributed by atoms with van der Waals surface area (Å²) < 4.78 is 2.81. The zero-order valence-electron chi connectivity index (χ0n) is 11.8. The van der Waals surface area contributed by atoms with Crippen LogP contribution >= 0.6 is 15.9 Å². The Morgan fingerprint density at radius 3 is 2.60 bits per heavy atom. The van der Waals surface area contributed by atoms with Gasteiger partial charge in [-0.25, -0.2) is 0 Å². The molecule has 0 aliphatic heterocycles. The first-order valence-electron chi connectivity index (χ1n) is 6.97. The van der Waals surface area contributed by atoms with Crippen molar-refractivity contribution in [2.24, 2.45) is 0 Å². The number of rotatable bonds is 6. The first kappa shape index (κ1) is 15.0. The molecule has 0 atom stereocenters. The first-order valence-corrected chi connectivity index (χ1v) is 7.76. The van der Waals surface area contributed by atoms with Crippen LogP contribution in [0.25, 0.3) is 0 Å². The number of nitrogens with zero attached hydrogens (tertiary/aromatic N) is 2. The molecular formula is C16H19BrN2O. The van der Waals surface area contributed by atoms with Gasteiger partial charge in [-0.3, -0.25) is 9.48 Å². The van der Waals surface area contributed by atoms with Crippen LogP contribution in [0.2, 0.25) is 0 Å². The highest BCUT2D eigenvalue weighted by atomic mass is 79.9. The van der Waals surface area contributed by atoms with Gasteiger partial charge in [0.05, 0.1) is 18.2 Å². The van der Waals surface area contributed by atoms with Crippen molar-refractivity contribution in [1.29, 1.82) is 0 Å². The molecule has 0 N–H and O–H groups in total. The minimum absolute atomic E-state index is 0.0901. The van der Waals surface area contributed by atoms with Crippen LogP contribution < -0.4 is 0 Å². The van der Waals surface area contributed by atoms with Crippen LogP contribution in [0, 0.1) is 0 Å². The van der Waals surface area contributed by atoms with E-state index in [1.165, 1.54) is 0 Å². The molecule has 0 amide bonds. The van der Waals surface area contributed by atoms with Gasteiger partial charge >= 0.3 is 0 Å². The van der Waals surface area contributed by atoms with Gasteiger partial charge in [0.15, 0.2) is 5.78 Å². The smallest absolute Gasteiger partial charge is 0.170 e. The molecule has 2 rings (SSSR count). The average Bonchev–Trinajstić information content (AvgIpc) is 2.89. The van der Waals surface area contributed by atoms with E-state index in [0.717, 1.165) is 23.0 Å². The van der Waals surface area contributed by atoms with Crippen LogP contribution in [0.5, 0.6) is 0 Å². The van der Waals surface area contributed by atoms with E-state index in [-0.39, 0.29) is 5.78 Å². The highest BCUT2D eigenvalue weighted by Crippen LogP contribution is 2.19. The fraction of sp³-hybridized carbons (Fsp3) is 0.375. The summed E-state index contributed by atoms with van der Waals surface area (Å²) in [6.45, 7) is 4.31. The minimum atomic E-state index is 0.0901. The second-order valence-electron chi connectivity index (χ2n) is 4.84. The Morgan fingerprint density at radius 1 is 1.25 bits per heavy atom. The van der Waals surface area contributed by atoms with Gasteiger partial charge in [0.1, 0.15) is 0 Å². The summed E-state index contributed by atoms with van der Waals surface area (Å²) in [6, 6.07) is 9.86. The number of hydrogen-bond acceptors (Lipinski definition) is 2. The van der Waals surface area contributed by atoms with Gasteiger partial charge in [-0.05, 0) is 25.0 Å². The Labute approximate surface area is 128 Å². The van der Waals surface area contributed by atoms with Gasteiger partial charge in [0.2, 0.25) is 0 Å². The summed E-state index contributed by atoms with van der Waals surface area (Å²) in [5.74, 6) is 0.0901. The third kappa shape index (κ3) is 3.37. The number of carbonyl (C=O) groups is 1. The molecule has 0 aliphatic rings. The summed E-state index contributed by atoms with van der Waals surface area (Å²) >= 11 is 3.41. The molecule has 0 saturated heterocycles. The van der Waals surface area contributed by atoms with Crippen molar-refractivity contribution in [1.82, 2.24) is 9.78 Å². The zero-order chi connectivity index (χ0) is 14.5. The lowest BCUT2D eigenvalue weighted by atomic mass is 10.1. The summed E-state index contributed by atoms with van der Waals surface area (Å²) in [6.07, 6.45) is 4.42. The van der Waals surface area contributed by atoms with E-state index < -0.39 is 0 Å². The van der Waals surface area contributed by atoms with Gasteiger partial charge in [-0.15, -0.1) is 0 Å². The molecule has 106 valence electrons. The monoisotopic (exact) mass is 334 g/mol. The van der Waals surface area contributed by atoms with E-state index in [1.54, 1.807) is 0 Å². The number of benzene rings is 1. The average molecular weight is 335 g/mol. The van der Waals surface area contributed by atoms with E-state index in [0.29, 0.717) is 18.0 Å². The predicted octanol–water partition coefficient (Wildman–Crippen LogP) is 4.43. The number of aromatic nitrogens is 2. The van der Waals surface area contributed by atoms with Gasteiger partial charge < -0.3 is 0 Å². The van der Waals surface area contributed by atoms with Crippen molar-refractivity contribution in [3.05, 3.63) is 52.3 Å². The topological polar surface area (TPSA) is 34.9 Å². The molecule has 0 unspecified atom stereocenters. The van der Waals surface area contributed by atoms with Crippen LogP contribution in [-0.2, 0) is 6.42 Å². The van der Waals surface area contributed by atoms with E-state index in [1.807, 2.05) is 41.2 Å². The van der Waals surface area contributed by atoms with E-state index in [9.17, 15) is 4.79 Å².